The van der Waals surface area contributed by atoms with E-state index < -0.39 is 10.1 Å². The fraction of sp³-hybridized carbons (Fsp3) is 0.532. The molecule has 4 aliphatic rings. The van der Waals surface area contributed by atoms with Crippen LogP contribution in [0.1, 0.15) is 128 Å². The molecule has 3 N–H and O–H groups in total. The van der Waals surface area contributed by atoms with Crippen molar-refractivity contribution in [3.63, 3.8) is 0 Å². The van der Waals surface area contributed by atoms with Gasteiger partial charge in [-0.25, -0.2) is 24.3 Å². The number of nitrogens with two attached hydrogens (primary N) is 1. The van der Waals surface area contributed by atoms with Crippen LogP contribution in [0.2, 0.25) is 0 Å². The SMILES string of the molecule is CS(=O)(=O)O.Nc1ccccc1-c1[c-]cccc1.[Fe+2].[Pd].c1c[cH-]c(P(C2CCCCC2)C2CCCCC2)c1.c1c[cH-]c(P(C2CCCCC2)C2CCCCC2)c1. The van der Waals surface area contributed by atoms with Crippen LogP contribution in [0, 0.1) is 6.07 Å². The van der Waals surface area contributed by atoms with Crippen LogP contribution in [0.15, 0.2) is 97.1 Å². The summed E-state index contributed by atoms with van der Waals surface area (Å²) in [6.07, 6.45) is 30.8. The normalized spacial score (nSPS) is 18.5. The summed E-state index contributed by atoms with van der Waals surface area (Å²) in [6.45, 7) is 0. The van der Waals surface area contributed by atoms with Crippen molar-refractivity contribution in [3.05, 3.63) is 103 Å². The Morgan fingerprint density at radius 1 is 0.589 bits per heavy atom. The molecule has 0 atom stereocenters. The third kappa shape index (κ3) is 16.9. The molecule has 0 saturated heterocycles. The van der Waals surface area contributed by atoms with E-state index in [-0.39, 0.29) is 53.3 Å². The van der Waals surface area contributed by atoms with Gasteiger partial charge in [0.1, 0.15) is 0 Å². The molecule has 4 aliphatic carbocycles. The van der Waals surface area contributed by atoms with E-state index in [9.17, 15) is 8.42 Å². The molecule has 4 saturated carbocycles. The first-order valence-electron chi connectivity index (χ1n) is 21.0. The molecular formula is C47H66FeNO3P2PdS-. The number of hydrogen-bond acceptors (Lipinski definition) is 3. The summed E-state index contributed by atoms with van der Waals surface area (Å²) in [5.74, 6) is 0. The molecule has 9 heteroatoms. The zero-order chi connectivity index (χ0) is 38.0. The third-order valence-corrected chi connectivity index (χ3v) is 18.7. The van der Waals surface area contributed by atoms with Crippen molar-refractivity contribution in [2.24, 2.45) is 0 Å². The molecule has 0 aromatic heterocycles. The van der Waals surface area contributed by atoms with E-state index in [1.807, 2.05) is 48.5 Å². The number of para-hydroxylation sites is 1. The quantitative estimate of drug-likeness (QED) is 0.0636. The molecule has 4 fully saturated rings. The van der Waals surface area contributed by atoms with Crippen molar-refractivity contribution >= 4 is 42.3 Å². The number of anilines is 1. The number of nitrogen functional groups attached to an aromatic ring is 1. The largest absolute Gasteiger partial charge is 2.00 e. The Kier molecular flexibility index (Phi) is 23.6. The van der Waals surface area contributed by atoms with Crippen LogP contribution in [0.4, 0.5) is 5.69 Å². The minimum atomic E-state index is -3.67. The van der Waals surface area contributed by atoms with Gasteiger partial charge in [-0.3, -0.25) is 4.55 Å². The van der Waals surface area contributed by atoms with Gasteiger partial charge in [0, 0.05) is 20.4 Å². The number of benzene rings is 2. The Bertz CT molecular complexity index is 1550. The topological polar surface area (TPSA) is 80.4 Å². The first kappa shape index (κ1) is 49.3. The van der Waals surface area contributed by atoms with Gasteiger partial charge < -0.3 is 5.73 Å². The summed E-state index contributed by atoms with van der Waals surface area (Å²) >= 11 is 0. The van der Waals surface area contributed by atoms with Gasteiger partial charge in [0.15, 0.2) is 0 Å². The molecule has 56 heavy (non-hydrogen) atoms. The van der Waals surface area contributed by atoms with Crippen LogP contribution in [0.3, 0.4) is 0 Å². The molecule has 4 nitrogen and oxygen atoms in total. The monoisotopic (exact) mass is 948 g/mol. The second-order valence-corrected chi connectivity index (χ2v) is 22.9. The minimum absolute atomic E-state index is 0. The molecular weight excluding hydrogens is 883 g/mol. The predicted molar refractivity (Wildman–Crippen MR) is 237 cm³/mol. The van der Waals surface area contributed by atoms with Gasteiger partial charge in [-0.15, -0.1) is 46.5 Å². The maximum Gasteiger partial charge on any atom is 2.00 e. The van der Waals surface area contributed by atoms with Crippen molar-refractivity contribution in [1.29, 1.82) is 0 Å². The molecule has 0 unspecified atom stereocenters. The van der Waals surface area contributed by atoms with Gasteiger partial charge in [-0.05, 0) is 85.8 Å². The maximum atomic E-state index is 9.19. The molecule has 0 radical (unpaired) electrons. The van der Waals surface area contributed by atoms with Gasteiger partial charge >= 0.3 is 17.1 Å². The number of hydrogen-bond donors (Lipinski definition) is 2. The van der Waals surface area contributed by atoms with Crippen LogP contribution in [0.5, 0.6) is 0 Å². The molecule has 0 heterocycles. The van der Waals surface area contributed by atoms with Gasteiger partial charge in [-0.1, -0.05) is 117 Å². The van der Waals surface area contributed by atoms with Crippen molar-refractivity contribution in [2.75, 3.05) is 12.0 Å². The molecule has 0 spiro atoms. The third-order valence-electron chi connectivity index (χ3n) is 11.7. The Morgan fingerprint density at radius 3 is 1.25 bits per heavy atom. The van der Waals surface area contributed by atoms with E-state index in [0.717, 1.165) is 39.5 Å². The molecule has 4 aromatic carbocycles. The average Bonchev–Trinajstić information content (AvgIpc) is 3.94. The summed E-state index contributed by atoms with van der Waals surface area (Å²) in [7, 11) is -3.38. The van der Waals surface area contributed by atoms with E-state index in [1.54, 1.807) is 10.6 Å². The van der Waals surface area contributed by atoms with Gasteiger partial charge in [0.05, 0.1) is 6.26 Å². The van der Waals surface area contributed by atoms with Gasteiger partial charge in [0.25, 0.3) is 10.1 Å². The molecule has 4 aromatic rings. The van der Waals surface area contributed by atoms with Crippen LogP contribution < -0.4 is 16.3 Å². The summed E-state index contributed by atoms with van der Waals surface area (Å²) in [5, 5.41) is 3.45. The smallest absolute Gasteiger partial charge is 0.406 e. The van der Waals surface area contributed by atoms with Crippen LogP contribution in [-0.4, -0.2) is 41.9 Å². The van der Waals surface area contributed by atoms with Crippen molar-refractivity contribution < 1.29 is 50.5 Å². The average molecular weight is 949 g/mol. The maximum absolute atomic E-state index is 9.19. The second kappa shape index (κ2) is 26.9. The summed E-state index contributed by atoms with van der Waals surface area (Å²) in [6, 6.07) is 37.5. The molecule has 0 aliphatic heterocycles. The van der Waals surface area contributed by atoms with Crippen LogP contribution in [0.25, 0.3) is 11.1 Å². The zero-order valence-corrected chi connectivity index (χ0v) is 38.8. The molecule has 0 bridgehead atoms. The molecule has 312 valence electrons. The van der Waals surface area contributed by atoms with E-state index in [4.69, 9.17) is 10.3 Å². The first-order chi connectivity index (χ1) is 26.3. The molecule has 8 rings (SSSR count). The Labute approximate surface area is 367 Å². The molecule has 0 amide bonds. The Morgan fingerprint density at radius 2 is 0.946 bits per heavy atom. The van der Waals surface area contributed by atoms with E-state index >= 15 is 0 Å². The fourth-order valence-corrected chi connectivity index (χ4v) is 16.8. The van der Waals surface area contributed by atoms with E-state index in [0.29, 0.717) is 6.26 Å². The fourth-order valence-electron chi connectivity index (χ4n) is 9.25. The summed E-state index contributed by atoms with van der Waals surface area (Å²) < 4.78 is 25.9. The minimum Gasteiger partial charge on any atom is -0.406 e. The Balaban J connectivity index is 0.000000211. The van der Waals surface area contributed by atoms with Crippen molar-refractivity contribution in [3.8, 4) is 11.1 Å². The van der Waals surface area contributed by atoms with Crippen molar-refractivity contribution in [1.82, 2.24) is 0 Å². The zero-order valence-electron chi connectivity index (χ0n) is 33.5. The van der Waals surface area contributed by atoms with Gasteiger partial charge in [0.2, 0.25) is 0 Å². The second-order valence-electron chi connectivity index (χ2n) is 15.9. The van der Waals surface area contributed by atoms with Gasteiger partial charge in [-0.2, -0.15) is 32.7 Å². The Hall–Kier alpha value is -1.11. The van der Waals surface area contributed by atoms with Crippen LogP contribution in [-0.2, 0) is 47.6 Å². The van der Waals surface area contributed by atoms with Crippen molar-refractivity contribution in [2.45, 2.75) is 151 Å². The standard InChI is InChI=1S/2C17H26P.C12H10N.CH4O3S.Fe.Pd/c2*1-3-9-15(10-4-1)18(17-13-7-8-14-17)16-11-5-2-6-12-16;13-12-9-5-4-8-11(12)10-6-2-1-3-7-10;1-5(2,3)4;;/h2*7-8,13-16H,1-6,9-12H2;1-6,8-9H,13H2;1H3,(H,2,3,4);;/q3*-1;;+2;. The van der Waals surface area contributed by atoms with Crippen LogP contribution >= 0.6 is 15.8 Å². The first-order valence-corrected chi connectivity index (χ1v) is 25.8. The van der Waals surface area contributed by atoms with E-state index in [2.05, 4.69) is 54.6 Å². The summed E-state index contributed by atoms with van der Waals surface area (Å²) in [4.78, 5) is 0. The predicted octanol–water partition coefficient (Wildman–Crippen LogP) is 12.6. The number of rotatable bonds is 7. The summed E-state index contributed by atoms with van der Waals surface area (Å²) in [5.41, 5.74) is 12.9. The van der Waals surface area contributed by atoms with E-state index in [1.165, 1.54) is 128 Å².